The molecule has 0 saturated carbocycles. The van der Waals surface area contributed by atoms with Gasteiger partial charge in [0.15, 0.2) is 0 Å². The maximum absolute atomic E-state index is 11.4. The quantitative estimate of drug-likeness (QED) is 0.678. The van der Waals surface area contributed by atoms with Gasteiger partial charge in [-0.2, -0.15) is 4.98 Å². The van der Waals surface area contributed by atoms with Gasteiger partial charge in [0.05, 0.1) is 6.61 Å². The van der Waals surface area contributed by atoms with Crippen LogP contribution in [-0.2, 0) is 9.53 Å². The molecule has 26 heavy (non-hydrogen) atoms. The van der Waals surface area contributed by atoms with Crippen LogP contribution in [0.15, 0.2) is 53.5 Å². The predicted octanol–water partition coefficient (Wildman–Crippen LogP) is 1.19. The lowest BCUT2D eigenvalue weighted by Gasteiger charge is -2.13. The summed E-state index contributed by atoms with van der Waals surface area (Å²) in [6.07, 6.45) is 3.86. The molecule has 1 aliphatic rings. The molecule has 0 spiro atoms. The maximum atomic E-state index is 11.4. The Morgan fingerprint density at radius 3 is 2.69 bits per heavy atom. The normalized spacial score (nSPS) is 19.1. The lowest BCUT2D eigenvalue weighted by Crippen LogP contribution is -2.28. The van der Waals surface area contributed by atoms with E-state index in [1.54, 1.807) is 18.3 Å². The highest BCUT2D eigenvalue weighted by atomic mass is 32.2. The van der Waals surface area contributed by atoms with Crippen molar-refractivity contribution < 1.29 is 19.7 Å². The van der Waals surface area contributed by atoms with E-state index in [0.717, 1.165) is 11.6 Å². The molecule has 1 aromatic carbocycles. The number of carboxylic acids is 1. The van der Waals surface area contributed by atoms with Gasteiger partial charge in [-0.3, -0.25) is 4.57 Å². The molecule has 2 aromatic rings. The zero-order valence-electron chi connectivity index (χ0n) is 13.8. The third-order valence-electron chi connectivity index (χ3n) is 3.26. The van der Waals surface area contributed by atoms with Gasteiger partial charge in [-0.05, 0) is 17.7 Å². The fourth-order valence-electron chi connectivity index (χ4n) is 2.06. The Bertz CT molecular complexity index is 810. The highest BCUT2D eigenvalue weighted by Crippen LogP contribution is 2.30. The first kappa shape index (κ1) is 19.7. The fourth-order valence-corrected chi connectivity index (χ4v) is 2.99. The number of aromatic nitrogens is 2. The number of ether oxygens (including phenoxy) is 1. The van der Waals surface area contributed by atoms with Crippen molar-refractivity contribution in [2.75, 3.05) is 18.1 Å². The number of nitrogens with two attached hydrogens (primary N) is 1. The highest BCUT2D eigenvalue weighted by Gasteiger charge is 2.27. The molecule has 1 aliphatic heterocycles. The number of hydrogen-bond donors (Lipinski definition) is 3. The number of nitrogen functional groups attached to an aromatic ring is 1. The van der Waals surface area contributed by atoms with Gasteiger partial charge in [0.2, 0.25) is 0 Å². The van der Waals surface area contributed by atoms with Crippen LogP contribution in [0.1, 0.15) is 11.8 Å². The Kier molecular flexibility index (Phi) is 7.39. The van der Waals surface area contributed by atoms with E-state index >= 15 is 0 Å². The van der Waals surface area contributed by atoms with E-state index in [0.29, 0.717) is 5.75 Å². The Balaban J connectivity index is 0.000000197. The molecule has 3 rings (SSSR count). The van der Waals surface area contributed by atoms with Crippen LogP contribution in [0, 0.1) is 0 Å². The summed E-state index contributed by atoms with van der Waals surface area (Å²) in [4.78, 5) is 25.1. The smallest absolute Gasteiger partial charge is 0.351 e. The fraction of sp³-hybridized carbons (Fsp3) is 0.235. The van der Waals surface area contributed by atoms with E-state index in [-0.39, 0.29) is 24.1 Å². The van der Waals surface area contributed by atoms with Gasteiger partial charge >= 0.3 is 11.7 Å². The highest BCUT2D eigenvalue weighted by molar-refractivity contribution is 8.00. The van der Waals surface area contributed by atoms with Crippen molar-refractivity contribution in [2.24, 2.45) is 0 Å². The number of aliphatic hydroxyl groups is 1. The first-order chi connectivity index (χ1) is 12.5. The zero-order chi connectivity index (χ0) is 18.9. The van der Waals surface area contributed by atoms with E-state index < -0.39 is 11.7 Å². The monoisotopic (exact) mass is 377 g/mol. The van der Waals surface area contributed by atoms with E-state index in [1.165, 1.54) is 16.3 Å². The van der Waals surface area contributed by atoms with Crippen LogP contribution in [0.5, 0.6) is 0 Å². The first-order valence-electron chi connectivity index (χ1n) is 7.68. The lowest BCUT2D eigenvalue weighted by atomic mass is 10.2. The number of anilines is 1. The Hall–Kier alpha value is -2.62. The number of carbonyl (C=O) groups is 1. The number of rotatable bonds is 4. The Morgan fingerprint density at radius 2 is 2.12 bits per heavy atom. The molecule has 1 fully saturated rings. The zero-order valence-corrected chi connectivity index (χ0v) is 14.6. The van der Waals surface area contributed by atoms with Crippen LogP contribution >= 0.6 is 11.8 Å². The van der Waals surface area contributed by atoms with Gasteiger partial charge in [-0.1, -0.05) is 30.3 Å². The largest absolute Gasteiger partial charge is 0.478 e. The van der Waals surface area contributed by atoms with Crippen LogP contribution < -0.4 is 11.4 Å². The number of nitrogens with zero attached hydrogens (tertiary/aromatic N) is 2. The third-order valence-corrected chi connectivity index (χ3v) is 4.37. The van der Waals surface area contributed by atoms with Crippen molar-refractivity contribution >= 4 is 29.6 Å². The molecule has 0 bridgehead atoms. The molecule has 9 heteroatoms. The number of carboxylic acid groups (broad SMARTS) is 1. The molecule has 4 N–H and O–H groups in total. The number of hydrogen-bond acceptors (Lipinski definition) is 7. The van der Waals surface area contributed by atoms with Crippen LogP contribution in [-0.4, -0.2) is 43.5 Å². The summed E-state index contributed by atoms with van der Waals surface area (Å²) >= 11 is 1.47. The molecule has 2 heterocycles. The van der Waals surface area contributed by atoms with Crippen LogP contribution in [0.2, 0.25) is 0 Å². The van der Waals surface area contributed by atoms with Crippen molar-refractivity contribution in [1.29, 1.82) is 0 Å². The van der Waals surface area contributed by atoms with E-state index in [9.17, 15) is 9.59 Å². The van der Waals surface area contributed by atoms with E-state index in [2.05, 4.69) is 4.98 Å². The van der Waals surface area contributed by atoms with Crippen LogP contribution in [0.25, 0.3) is 6.08 Å². The summed E-state index contributed by atoms with van der Waals surface area (Å²) in [7, 11) is 0. The molecule has 0 aliphatic carbocycles. The summed E-state index contributed by atoms with van der Waals surface area (Å²) in [5.74, 6) is -0.106. The number of benzene rings is 1. The molecule has 0 unspecified atom stereocenters. The summed E-state index contributed by atoms with van der Waals surface area (Å²) in [6, 6.07) is 10.8. The number of aliphatic carboxylic acids is 1. The minimum Gasteiger partial charge on any atom is -0.478 e. The first-order valence-corrected chi connectivity index (χ1v) is 8.73. The average molecular weight is 377 g/mol. The second-order valence-electron chi connectivity index (χ2n) is 5.16. The van der Waals surface area contributed by atoms with Gasteiger partial charge < -0.3 is 20.7 Å². The standard InChI is InChI=1S/C9H8O2.C8H11N3O3S/c10-9(11)7-6-8-4-2-1-3-5-8;9-5-1-2-11(8(13)10-5)6-4-15-7(3-12)14-6/h1-7H,(H,10,11);1-2,6-7,12H,3-4H2,(H2,9,10,13)/b7-6+;/t;6-,7+/m.0/s1. The van der Waals surface area contributed by atoms with Crippen molar-refractivity contribution in [3.8, 4) is 0 Å². The number of aliphatic hydroxyl groups excluding tert-OH is 1. The average Bonchev–Trinajstić information content (AvgIpc) is 3.10. The van der Waals surface area contributed by atoms with Gasteiger partial charge in [0.25, 0.3) is 0 Å². The summed E-state index contributed by atoms with van der Waals surface area (Å²) in [5, 5.41) is 17.2. The Labute approximate surface area is 153 Å². The van der Waals surface area contributed by atoms with E-state index in [4.69, 9.17) is 20.7 Å². The molecule has 1 saturated heterocycles. The van der Waals surface area contributed by atoms with Crippen molar-refractivity contribution in [2.45, 2.75) is 11.7 Å². The van der Waals surface area contributed by atoms with Crippen LogP contribution in [0.4, 0.5) is 5.82 Å². The minimum absolute atomic E-state index is 0.0572. The van der Waals surface area contributed by atoms with Crippen molar-refractivity contribution in [1.82, 2.24) is 9.55 Å². The van der Waals surface area contributed by atoms with Gasteiger partial charge in [0, 0.05) is 18.0 Å². The predicted molar refractivity (Wildman–Crippen MR) is 99.5 cm³/mol. The molecule has 2 atom stereocenters. The van der Waals surface area contributed by atoms with Gasteiger partial charge in [0.1, 0.15) is 17.5 Å². The third kappa shape index (κ3) is 6.03. The SMILES string of the molecule is Nc1ccn([C@@H]2CS[C@H](CO)O2)c(=O)n1.O=C(O)/C=C/c1ccccc1. The molecular weight excluding hydrogens is 358 g/mol. The number of thioether (sulfide) groups is 1. The van der Waals surface area contributed by atoms with Crippen molar-refractivity contribution in [3.05, 3.63) is 64.7 Å². The van der Waals surface area contributed by atoms with E-state index in [1.807, 2.05) is 30.3 Å². The molecule has 138 valence electrons. The molecule has 1 aromatic heterocycles. The van der Waals surface area contributed by atoms with Gasteiger partial charge in [-0.25, -0.2) is 9.59 Å². The second-order valence-corrected chi connectivity index (χ2v) is 6.35. The molecule has 0 radical (unpaired) electrons. The molecule has 8 nitrogen and oxygen atoms in total. The summed E-state index contributed by atoms with van der Waals surface area (Å²) in [5.41, 5.74) is 5.57. The molecule has 0 amide bonds. The topological polar surface area (TPSA) is 128 Å². The second kappa shape index (κ2) is 9.76. The molecular formula is C17H19N3O5S. The van der Waals surface area contributed by atoms with Gasteiger partial charge in [-0.15, -0.1) is 11.8 Å². The van der Waals surface area contributed by atoms with Crippen molar-refractivity contribution in [3.63, 3.8) is 0 Å². The summed E-state index contributed by atoms with van der Waals surface area (Å²) in [6.45, 7) is -0.0572. The summed E-state index contributed by atoms with van der Waals surface area (Å²) < 4.78 is 6.79. The maximum Gasteiger partial charge on any atom is 0.351 e. The lowest BCUT2D eigenvalue weighted by molar-refractivity contribution is -0.131. The minimum atomic E-state index is -0.922. The Morgan fingerprint density at radius 1 is 1.38 bits per heavy atom. The van der Waals surface area contributed by atoms with Crippen LogP contribution in [0.3, 0.4) is 0 Å².